The lowest BCUT2D eigenvalue weighted by Crippen LogP contribution is -2.47. The lowest BCUT2D eigenvalue weighted by molar-refractivity contribution is -0.911. The average Bonchev–Trinajstić information content (AvgIpc) is 1.98. The van der Waals surface area contributed by atoms with Crippen LogP contribution in [0.25, 0.3) is 0 Å². The Bertz CT molecular complexity index is 246. The Kier molecular flexibility index (Phi) is 4.35. The second-order valence-corrected chi connectivity index (χ2v) is 5.59. The first kappa shape index (κ1) is 12.9. The molecule has 0 aromatic carbocycles. The first-order chi connectivity index (χ1) is 5.69. The third-order valence-electron chi connectivity index (χ3n) is 2.80. The van der Waals surface area contributed by atoms with Crippen molar-refractivity contribution in [2.75, 3.05) is 26.4 Å². The van der Waals surface area contributed by atoms with E-state index in [0.29, 0.717) is 6.42 Å². The van der Waals surface area contributed by atoms with E-state index in [0.717, 1.165) is 11.0 Å². The van der Waals surface area contributed by atoms with Gasteiger partial charge in [-0.1, -0.05) is 0 Å². The smallest absolute Gasteiger partial charge is 0.265 e. The van der Waals surface area contributed by atoms with E-state index < -0.39 is 10.1 Å². The van der Waals surface area contributed by atoms with Crippen molar-refractivity contribution in [2.45, 2.75) is 26.3 Å². The van der Waals surface area contributed by atoms with Gasteiger partial charge in [-0.2, -0.15) is 8.42 Å². The number of quaternary nitrogens is 1. The fourth-order valence-corrected chi connectivity index (χ4v) is 1.62. The zero-order valence-corrected chi connectivity index (χ0v) is 9.63. The predicted molar refractivity (Wildman–Crippen MR) is 53.1 cm³/mol. The van der Waals surface area contributed by atoms with Crippen LogP contribution >= 0.6 is 0 Å². The highest BCUT2D eigenvalue weighted by Gasteiger charge is 2.23. The van der Waals surface area contributed by atoms with E-state index in [1.54, 1.807) is 0 Å². The van der Waals surface area contributed by atoms with Gasteiger partial charge in [0, 0.05) is 6.42 Å². The van der Waals surface area contributed by atoms with Gasteiger partial charge in [-0.3, -0.25) is 4.55 Å². The molecule has 13 heavy (non-hydrogen) atoms. The molecule has 0 aromatic heterocycles. The Labute approximate surface area is 80.9 Å². The minimum absolute atomic E-state index is 0.143. The number of rotatable bonds is 5. The summed E-state index contributed by atoms with van der Waals surface area (Å²) in [7, 11) is 0.303. The fraction of sp³-hybridized carbons (Fsp3) is 1.00. The van der Waals surface area contributed by atoms with E-state index in [9.17, 15) is 8.42 Å². The van der Waals surface area contributed by atoms with Crippen LogP contribution in [0, 0.1) is 0 Å². The van der Waals surface area contributed by atoms with Crippen molar-refractivity contribution < 1.29 is 17.5 Å². The first-order valence-electron chi connectivity index (χ1n) is 4.47. The van der Waals surface area contributed by atoms with Crippen molar-refractivity contribution >= 4 is 10.1 Å². The topological polar surface area (TPSA) is 54.4 Å². The summed E-state index contributed by atoms with van der Waals surface area (Å²) in [6.45, 7) is 5.01. The molecule has 4 nitrogen and oxygen atoms in total. The Morgan fingerprint density at radius 3 is 2.15 bits per heavy atom. The maximum Gasteiger partial charge on any atom is 0.265 e. The second kappa shape index (κ2) is 4.39. The van der Waals surface area contributed by atoms with E-state index >= 15 is 0 Å². The van der Waals surface area contributed by atoms with Crippen LogP contribution in [0.2, 0.25) is 0 Å². The van der Waals surface area contributed by atoms with Gasteiger partial charge in [0.2, 0.25) is 0 Å². The van der Waals surface area contributed by atoms with Crippen molar-refractivity contribution in [1.82, 2.24) is 0 Å². The first-order valence-corrected chi connectivity index (χ1v) is 6.08. The summed E-state index contributed by atoms with van der Waals surface area (Å²) in [6.07, 6.45) is 0.500. The molecule has 0 saturated carbocycles. The molecule has 0 bridgehead atoms. The third kappa shape index (κ3) is 5.23. The number of nitrogens with zero attached hydrogens (tertiary/aromatic N) is 1. The monoisotopic (exact) mass is 210 g/mol. The zero-order valence-electron chi connectivity index (χ0n) is 8.82. The fourth-order valence-electron chi connectivity index (χ4n) is 0.981. The molecular weight excluding hydrogens is 190 g/mol. The molecule has 1 N–H and O–H groups in total. The molecule has 5 heteroatoms. The largest absolute Gasteiger partial charge is 0.326 e. The van der Waals surface area contributed by atoms with Crippen LogP contribution in [0.5, 0.6) is 0 Å². The second-order valence-electron chi connectivity index (χ2n) is 4.02. The Morgan fingerprint density at radius 2 is 1.85 bits per heavy atom. The van der Waals surface area contributed by atoms with E-state index in [4.69, 9.17) is 4.55 Å². The van der Waals surface area contributed by atoms with E-state index in [-0.39, 0.29) is 11.8 Å². The van der Waals surface area contributed by atoms with Crippen LogP contribution in [0.4, 0.5) is 0 Å². The van der Waals surface area contributed by atoms with E-state index in [1.807, 2.05) is 6.92 Å². The minimum atomic E-state index is -3.80. The Balaban J connectivity index is 4.10. The van der Waals surface area contributed by atoms with Gasteiger partial charge in [-0.05, 0) is 13.8 Å². The van der Waals surface area contributed by atoms with Crippen LogP contribution in [-0.2, 0) is 10.1 Å². The average molecular weight is 210 g/mol. The summed E-state index contributed by atoms with van der Waals surface area (Å²) in [6, 6.07) is 0.243. The van der Waals surface area contributed by atoms with Crippen LogP contribution in [0.15, 0.2) is 0 Å². The number of hydrogen-bond acceptors (Lipinski definition) is 2. The molecular formula is C8H20NO3S+. The van der Waals surface area contributed by atoms with Gasteiger partial charge in [0.25, 0.3) is 10.1 Å². The van der Waals surface area contributed by atoms with Crippen LogP contribution in [0.1, 0.15) is 20.3 Å². The molecule has 80 valence electrons. The summed E-state index contributed by atoms with van der Waals surface area (Å²) >= 11 is 0. The van der Waals surface area contributed by atoms with Gasteiger partial charge in [0.1, 0.15) is 0 Å². The molecule has 0 radical (unpaired) electrons. The minimum Gasteiger partial charge on any atom is -0.326 e. The van der Waals surface area contributed by atoms with Crippen LogP contribution in [-0.4, -0.2) is 49.9 Å². The zero-order chi connectivity index (χ0) is 10.7. The van der Waals surface area contributed by atoms with Crippen molar-refractivity contribution in [3.63, 3.8) is 0 Å². The highest BCUT2D eigenvalue weighted by molar-refractivity contribution is 7.85. The van der Waals surface area contributed by atoms with Gasteiger partial charge in [-0.15, -0.1) is 0 Å². The standard InChI is InChI=1S/C8H19NO3S/c1-5-9(3,4)8(2)6-7-13(10,11)12/h8H,5-7H2,1-4H3/p+1. The van der Waals surface area contributed by atoms with Gasteiger partial charge >= 0.3 is 0 Å². The predicted octanol–water partition coefficient (Wildman–Crippen LogP) is 0.749. The Morgan fingerprint density at radius 1 is 1.38 bits per heavy atom. The molecule has 1 unspecified atom stereocenters. The molecule has 0 aliphatic carbocycles. The van der Waals surface area contributed by atoms with Crippen LogP contribution in [0.3, 0.4) is 0 Å². The third-order valence-corrected chi connectivity index (χ3v) is 3.55. The van der Waals surface area contributed by atoms with Crippen molar-refractivity contribution in [1.29, 1.82) is 0 Å². The highest BCUT2D eigenvalue weighted by atomic mass is 32.2. The quantitative estimate of drug-likeness (QED) is 0.538. The van der Waals surface area contributed by atoms with Gasteiger partial charge in [0.05, 0.1) is 32.4 Å². The van der Waals surface area contributed by atoms with E-state index in [2.05, 4.69) is 21.0 Å². The summed E-state index contributed by atoms with van der Waals surface area (Å²) in [5.41, 5.74) is 0. The molecule has 0 spiro atoms. The van der Waals surface area contributed by atoms with Crippen molar-refractivity contribution in [2.24, 2.45) is 0 Å². The molecule has 0 saturated heterocycles. The highest BCUT2D eigenvalue weighted by Crippen LogP contribution is 2.10. The van der Waals surface area contributed by atoms with Crippen molar-refractivity contribution in [3.8, 4) is 0 Å². The Hall–Kier alpha value is -0.130. The lowest BCUT2D eigenvalue weighted by Gasteiger charge is -2.34. The van der Waals surface area contributed by atoms with Gasteiger partial charge < -0.3 is 4.48 Å². The molecule has 0 rings (SSSR count). The van der Waals surface area contributed by atoms with Gasteiger partial charge in [0.15, 0.2) is 0 Å². The summed E-state index contributed by atoms with van der Waals surface area (Å²) in [4.78, 5) is 0. The molecule has 0 amide bonds. The normalized spacial score (nSPS) is 15.8. The molecule has 0 heterocycles. The molecule has 0 aromatic rings. The molecule has 0 fully saturated rings. The lowest BCUT2D eigenvalue weighted by atomic mass is 10.2. The number of hydrogen-bond donors (Lipinski definition) is 1. The van der Waals surface area contributed by atoms with Crippen LogP contribution < -0.4 is 0 Å². The molecule has 0 aliphatic rings. The summed E-state index contributed by atoms with van der Waals surface area (Å²) in [5.74, 6) is -0.143. The SMILES string of the molecule is CC[N+](C)(C)C(C)CCS(=O)(=O)O. The summed E-state index contributed by atoms with van der Waals surface area (Å²) in [5, 5.41) is 0. The maximum atomic E-state index is 10.5. The molecule has 1 atom stereocenters. The van der Waals surface area contributed by atoms with Gasteiger partial charge in [-0.25, -0.2) is 0 Å². The maximum absolute atomic E-state index is 10.5. The van der Waals surface area contributed by atoms with E-state index in [1.165, 1.54) is 0 Å². The molecule has 0 aliphatic heterocycles. The summed E-state index contributed by atoms with van der Waals surface area (Å²) < 4.78 is 30.3. The van der Waals surface area contributed by atoms with Crippen molar-refractivity contribution in [3.05, 3.63) is 0 Å².